The number of hydrogen-bond donors (Lipinski definition) is 0. The molecule has 3 heteroatoms. The summed E-state index contributed by atoms with van der Waals surface area (Å²) in [5.41, 5.74) is 0. The van der Waals surface area contributed by atoms with E-state index in [1.807, 2.05) is 0 Å². The van der Waals surface area contributed by atoms with Crippen molar-refractivity contribution in [2.45, 2.75) is 122 Å². The Bertz CT molecular complexity index is 414. The van der Waals surface area contributed by atoms with E-state index in [-0.39, 0.29) is 17.9 Å². The Balaban J connectivity index is 1.75. The van der Waals surface area contributed by atoms with Crippen LogP contribution in [0, 0.1) is 5.92 Å². The minimum atomic E-state index is -0.347. The highest BCUT2D eigenvalue weighted by molar-refractivity contribution is 5.94. The average Bonchev–Trinajstić information content (AvgIpc) is 2.98. The normalized spacial score (nSPS) is 17.1. The van der Waals surface area contributed by atoms with Crippen molar-refractivity contribution in [2.24, 2.45) is 5.92 Å². The molecule has 156 valence electrons. The van der Waals surface area contributed by atoms with Crippen LogP contribution in [0.5, 0.6) is 0 Å². The molecular formula is C24H42O3. The molecule has 0 aromatic rings. The van der Waals surface area contributed by atoms with Crippen molar-refractivity contribution >= 4 is 11.9 Å². The van der Waals surface area contributed by atoms with Gasteiger partial charge in [0.2, 0.25) is 0 Å². The molecule has 1 fully saturated rings. The second-order valence-corrected chi connectivity index (χ2v) is 8.13. The van der Waals surface area contributed by atoms with E-state index in [4.69, 9.17) is 0 Å². The number of carbonyl (C=O) groups excluding carboxylic acids is 2. The summed E-state index contributed by atoms with van der Waals surface area (Å²) < 4.78 is 4.58. The molecule has 0 aromatic heterocycles. The van der Waals surface area contributed by atoms with E-state index >= 15 is 0 Å². The Morgan fingerprint density at radius 3 is 1.70 bits per heavy atom. The third kappa shape index (κ3) is 13.7. The molecule has 0 bridgehead atoms. The van der Waals surface area contributed by atoms with Crippen LogP contribution in [-0.2, 0) is 14.3 Å². The molecule has 0 amide bonds. The van der Waals surface area contributed by atoms with Gasteiger partial charge in [0.1, 0.15) is 0 Å². The summed E-state index contributed by atoms with van der Waals surface area (Å²) >= 11 is 0. The molecule has 0 saturated carbocycles. The van der Waals surface area contributed by atoms with Crippen molar-refractivity contribution in [1.29, 1.82) is 0 Å². The maximum absolute atomic E-state index is 11.3. The largest absolute Gasteiger partial charge is 0.393 e. The van der Waals surface area contributed by atoms with Crippen LogP contribution in [0.3, 0.4) is 0 Å². The second-order valence-electron chi connectivity index (χ2n) is 8.13. The summed E-state index contributed by atoms with van der Waals surface area (Å²) in [6, 6.07) is 0. The van der Waals surface area contributed by atoms with Gasteiger partial charge in [-0.1, -0.05) is 96.1 Å². The van der Waals surface area contributed by atoms with Crippen molar-refractivity contribution in [3.8, 4) is 0 Å². The predicted octanol–water partition coefficient (Wildman–Crippen LogP) is 7.28. The summed E-state index contributed by atoms with van der Waals surface area (Å²) in [6.07, 6.45) is 26.8. The van der Waals surface area contributed by atoms with Crippen molar-refractivity contribution < 1.29 is 14.3 Å². The number of allylic oxidation sites excluding steroid dienone is 2. The lowest BCUT2D eigenvalue weighted by molar-refractivity contribution is -0.153. The number of rotatable bonds is 18. The first-order valence-corrected chi connectivity index (χ1v) is 11.6. The van der Waals surface area contributed by atoms with Crippen LogP contribution >= 0.6 is 0 Å². The number of carbonyl (C=O) groups is 2. The van der Waals surface area contributed by atoms with Gasteiger partial charge < -0.3 is 4.74 Å². The highest BCUT2D eigenvalue weighted by atomic mass is 16.6. The van der Waals surface area contributed by atoms with E-state index in [1.165, 1.54) is 89.9 Å². The summed E-state index contributed by atoms with van der Waals surface area (Å²) in [5.74, 6) is -0.817. The summed E-state index contributed by atoms with van der Waals surface area (Å²) in [4.78, 5) is 22.4. The zero-order valence-electron chi connectivity index (χ0n) is 17.7. The maximum atomic E-state index is 11.3. The van der Waals surface area contributed by atoms with Crippen LogP contribution in [0.15, 0.2) is 12.2 Å². The molecule has 1 rings (SSSR count). The minimum Gasteiger partial charge on any atom is -0.393 e. The lowest BCUT2D eigenvalue weighted by Crippen LogP contribution is -2.06. The molecule has 1 saturated heterocycles. The van der Waals surface area contributed by atoms with Crippen LogP contribution in [0.4, 0.5) is 0 Å². The van der Waals surface area contributed by atoms with Gasteiger partial charge >= 0.3 is 11.9 Å². The van der Waals surface area contributed by atoms with Crippen LogP contribution < -0.4 is 0 Å². The molecule has 0 N–H and O–H groups in total. The Morgan fingerprint density at radius 1 is 0.741 bits per heavy atom. The van der Waals surface area contributed by atoms with E-state index < -0.39 is 0 Å². The fourth-order valence-corrected chi connectivity index (χ4v) is 3.73. The highest BCUT2D eigenvalue weighted by Crippen LogP contribution is 2.22. The van der Waals surface area contributed by atoms with Gasteiger partial charge in [0.05, 0.1) is 12.3 Å². The third-order valence-electron chi connectivity index (χ3n) is 5.53. The van der Waals surface area contributed by atoms with Gasteiger partial charge in [-0.2, -0.15) is 0 Å². The third-order valence-corrected chi connectivity index (χ3v) is 5.53. The average molecular weight is 379 g/mol. The molecule has 1 aliphatic heterocycles. The molecule has 0 spiro atoms. The molecule has 0 radical (unpaired) electrons. The molecule has 27 heavy (non-hydrogen) atoms. The Hall–Kier alpha value is -1.12. The van der Waals surface area contributed by atoms with Gasteiger partial charge in [-0.25, -0.2) is 0 Å². The zero-order chi connectivity index (χ0) is 19.6. The van der Waals surface area contributed by atoms with Gasteiger partial charge in [-0.05, 0) is 32.1 Å². The van der Waals surface area contributed by atoms with Gasteiger partial charge in [0, 0.05) is 0 Å². The fourth-order valence-electron chi connectivity index (χ4n) is 3.73. The monoisotopic (exact) mass is 378 g/mol. The van der Waals surface area contributed by atoms with E-state index in [1.54, 1.807) is 0 Å². The first kappa shape index (κ1) is 23.9. The summed E-state index contributed by atoms with van der Waals surface area (Å²) in [6.45, 7) is 2.27. The predicted molar refractivity (Wildman–Crippen MR) is 113 cm³/mol. The molecule has 1 atom stereocenters. The van der Waals surface area contributed by atoms with Crippen LogP contribution in [0.25, 0.3) is 0 Å². The van der Waals surface area contributed by atoms with E-state index in [0.29, 0.717) is 6.42 Å². The first-order valence-electron chi connectivity index (χ1n) is 11.6. The number of ether oxygens (including phenoxy) is 1. The molecule has 1 heterocycles. The highest BCUT2D eigenvalue weighted by Gasteiger charge is 2.32. The lowest BCUT2D eigenvalue weighted by Gasteiger charge is -2.04. The Kier molecular flexibility index (Phi) is 15.1. The molecule has 1 aliphatic rings. The zero-order valence-corrected chi connectivity index (χ0v) is 17.7. The van der Waals surface area contributed by atoms with E-state index in [2.05, 4.69) is 23.8 Å². The standard InChI is InChI=1S/C24H42O3/c1-2-3-4-5-6-7-8-9-10-11-12-13-14-15-16-17-18-19-20-22-21-23(25)27-24(22)26/h11-12,22H,2-10,13-21H2,1H3/b12-11+. The van der Waals surface area contributed by atoms with Crippen LogP contribution in [0.2, 0.25) is 0 Å². The van der Waals surface area contributed by atoms with Crippen LogP contribution in [-0.4, -0.2) is 11.9 Å². The molecule has 3 nitrogen and oxygen atoms in total. The van der Waals surface area contributed by atoms with Gasteiger partial charge in [-0.15, -0.1) is 0 Å². The number of cyclic esters (lactones) is 2. The van der Waals surface area contributed by atoms with Gasteiger partial charge in [0.15, 0.2) is 0 Å². The number of esters is 2. The van der Waals surface area contributed by atoms with Gasteiger partial charge in [-0.3, -0.25) is 9.59 Å². The molecule has 0 aromatic carbocycles. The Labute approximate surface area is 167 Å². The number of hydrogen-bond acceptors (Lipinski definition) is 3. The van der Waals surface area contributed by atoms with E-state index in [0.717, 1.165) is 19.3 Å². The smallest absolute Gasteiger partial charge is 0.317 e. The fraction of sp³-hybridized carbons (Fsp3) is 0.833. The minimum absolute atomic E-state index is 0.163. The topological polar surface area (TPSA) is 43.4 Å². The lowest BCUT2D eigenvalue weighted by atomic mass is 9.99. The SMILES string of the molecule is CCCCCCCCCC/C=C/CCCCCCCCC1CC(=O)OC1=O. The van der Waals surface area contributed by atoms with Gasteiger partial charge in [0.25, 0.3) is 0 Å². The molecular weight excluding hydrogens is 336 g/mol. The summed E-state index contributed by atoms with van der Waals surface area (Å²) in [5, 5.41) is 0. The van der Waals surface area contributed by atoms with E-state index in [9.17, 15) is 9.59 Å². The molecule has 1 unspecified atom stereocenters. The molecule has 0 aliphatic carbocycles. The first-order chi connectivity index (χ1) is 13.2. The quantitative estimate of drug-likeness (QED) is 0.109. The van der Waals surface area contributed by atoms with Crippen LogP contribution in [0.1, 0.15) is 122 Å². The summed E-state index contributed by atoms with van der Waals surface area (Å²) in [7, 11) is 0. The Morgan fingerprint density at radius 2 is 1.22 bits per heavy atom. The number of unbranched alkanes of at least 4 members (excludes halogenated alkanes) is 14. The van der Waals surface area contributed by atoms with Crippen molar-refractivity contribution in [3.05, 3.63) is 12.2 Å². The van der Waals surface area contributed by atoms with Crippen molar-refractivity contribution in [1.82, 2.24) is 0 Å². The second kappa shape index (κ2) is 17.0. The van der Waals surface area contributed by atoms with Crippen molar-refractivity contribution in [2.75, 3.05) is 0 Å². The van der Waals surface area contributed by atoms with Crippen molar-refractivity contribution in [3.63, 3.8) is 0 Å². The maximum Gasteiger partial charge on any atom is 0.317 e.